The Morgan fingerprint density at radius 3 is 2.65 bits per heavy atom. The van der Waals surface area contributed by atoms with E-state index in [1.165, 1.54) is 26.3 Å². The zero-order chi connectivity index (χ0) is 19.1. The second-order valence-corrected chi connectivity index (χ2v) is 6.21. The molecule has 1 atom stereocenters. The Bertz CT molecular complexity index is 839. The molecule has 2 aromatic carbocycles. The number of hydrazone groups is 1. The molecule has 7 nitrogen and oxygen atoms in total. The molecule has 2 aromatic rings. The van der Waals surface area contributed by atoms with Gasteiger partial charge in [0.2, 0.25) is 5.91 Å². The van der Waals surface area contributed by atoms with Crippen LogP contribution in [0.15, 0.2) is 52.0 Å². The first-order valence-corrected chi connectivity index (χ1v) is 8.47. The predicted octanol–water partition coefficient (Wildman–Crippen LogP) is 2.89. The summed E-state index contributed by atoms with van der Waals surface area (Å²) in [7, 11) is 1.43. The fourth-order valence-electron chi connectivity index (χ4n) is 1.96. The summed E-state index contributed by atoms with van der Waals surface area (Å²) >= 11 is 3.33. The molecule has 0 aliphatic carbocycles. The Morgan fingerprint density at radius 1 is 1.23 bits per heavy atom. The maximum atomic E-state index is 12.2. The van der Waals surface area contributed by atoms with Gasteiger partial charge in [0.05, 0.1) is 19.0 Å². The standard InChI is InChI=1S/C18H18BrN3O4/c1-11(17(24)21-14-6-4-3-5-13(14)19)18(25)22-20-10-12-7-8-15(23)16(9-12)26-2/h3-11,23H,1-2H3,(H,21,24)(H,22,25)/b20-10+. The van der Waals surface area contributed by atoms with Crippen molar-refractivity contribution in [2.24, 2.45) is 11.0 Å². The van der Waals surface area contributed by atoms with E-state index in [9.17, 15) is 14.7 Å². The van der Waals surface area contributed by atoms with Crippen LogP contribution in [0.3, 0.4) is 0 Å². The molecule has 0 aromatic heterocycles. The summed E-state index contributed by atoms with van der Waals surface area (Å²) in [5, 5.41) is 16.0. The second kappa shape index (κ2) is 9.00. The van der Waals surface area contributed by atoms with E-state index in [0.717, 1.165) is 4.47 Å². The van der Waals surface area contributed by atoms with Crippen LogP contribution in [0.1, 0.15) is 12.5 Å². The molecular formula is C18H18BrN3O4. The number of methoxy groups -OCH3 is 1. The van der Waals surface area contributed by atoms with Crippen molar-refractivity contribution in [3.8, 4) is 11.5 Å². The maximum Gasteiger partial charge on any atom is 0.252 e. The molecule has 2 amide bonds. The van der Waals surface area contributed by atoms with Crippen LogP contribution in [0.4, 0.5) is 5.69 Å². The molecular weight excluding hydrogens is 402 g/mol. The number of carbonyl (C=O) groups is 2. The van der Waals surface area contributed by atoms with Crippen LogP contribution in [0.2, 0.25) is 0 Å². The van der Waals surface area contributed by atoms with Gasteiger partial charge in [-0.15, -0.1) is 0 Å². The van der Waals surface area contributed by atoms with Crippen LogP contribution in [-0.4, -0.2) is 30.2 Å². The zero-order valence-electron chi connectivity index (χ0n) is 14.2. The van der Waals surface area contributed by atoms with Gasteiger partial charge in [-0.25, -0.2) is 5.43 Å². The van der Waals surface area contributed by atoms with E-state index in [-0.39, 0.29) is 5.75 Å². The third-order valence-corrected chi connectivity index (χ3v) is 4.20. The third-order valence-electron chi connectivity index (χ3n) is 3.51. The number of hydrogen-bond acceptors (Lipinski definition) is 5. The van der Waals surface area contributed by atoms with Gasteiger partial charge in [0.15, 0.2) is 11.5 Å². The minimum absolute atomic E-state index is 0.00560. The molecule has 0 spiro atoms. The molecule has 8 heteroatoms. The minimum atomic E-state index is -0.936. The topological polar surface area (TPSA) is 100 Å². The fourth-order valence-corrected chi connectivity index (χ4v) is 2.35. The zero-order valence-corrected chi connectivity index (χ0v) is 15.8. The van der Waals surface area contributed by atoms with Crippen LogP contribution >= 0.6 is 15.9 Å². The van der Waals surface area contributed by atoms with E-state index < -0.39 is 17.7 Å². The Balaban J connectivity index is 1.94. The number of aromatic hydroxyl groups is 1. The van der Waals surface area contributed by atoms with Gasteiger partial charge in [-0.1, -0.05) is 12.1 Å². The predicted molar refractivity (Wildman–Crippen MR) is 102 cm³/mol. The monoisotopic (exact) mass is 419 g/mol. The smallest absolute Gasteiger partial charge is 0.252 e. The normalized spacial score (nSPS) is 11.8. The van der Waals surface area contributed by atoms with E-state index in [4.69, 9.17) is 4.74 Å². The van der Waals surface area contributed by atoms with E-state index in [1.807, 2.05) is 6.07 Å². The number of carbonyl (C=O) groups excluding carboxylic acids is 2. The van der Waals surface area contributed by atoms with E-state index in [1.54, 1.807) is 30.3 Å². The number of amides is 2. The summed E-state index contributed by atoms with van der Waals surface area (Å²) in [6.07, 6.45) is 1.39. The van der Waals surface area contributed by atoms with Gasteiger partial charge in [-0.05, 0) is 58.7 Å². The van der Waals surface area contributed by atoms with Crippen molar-refractivity contribution in [2.75, 3.05) is 12.4 Å². The lowest BCUT2D eigenvalue weighted by molar-refractivity contribution is -0.131. The van der Waals surface area contributed by atoms with E-state index in [2.05, 4.69) is 31.8 Å². The number of phenolic OH excluding ortho intramolecular Hbond substituents is 1. The number of ether oxygens (including phenoxy) is 1. The molecule has 0 heterocycles. The molecule has 0 saturated heterocycles. The summed E-state index contributed by atoms with van der Waals surface area (Å²) in [5.74, 6) is -1.63. The first-order chi connectivity index (χ1) is 12.4. The molecule has 0 fully saturated rings. The molecule has 0 aliphatic heterocycles. The van der Waals surface area contributed by atoms with Gasteiger partial charge >= 0.3 is 0 Å². The first-order valence-electron chi connectivity index (χ1n) is 7.67. The molecule has 0 aliphatic rings. The molecule has 1 unspecified atom stereocenters. The first kappa shape index (κ1) is 19.5. The third kappa shape index (κ3) is 5.06. The van der Waals surface area contributed by atoms with Crippen molar-refractivity contribution in [1.29, 1.82) is 0 Å². The number of halogens is 1. The molecule has 0 radical (unpaired) electrons. The van der Waals surface area contributed by atoms with Crippen molar-refractivity contribution in [3.05, 3.63) is 52.5 Å². The van der Waals surface area contributed by atoms with Gasteiger partial charge in [-0.2, -0.15) is 5.10 Å². The molecule has 2 rings (SSSR count). The lowest BCUT2D eigenvalue weighted by Crippen LogP contribution is -2.34. The highest BCUT2D eigenvalue weighted by molar-refractivity contribution is 9.10. The van der Waals surface area contributed by atoms with Crippen molar-refractivity contribution in [3.63, 3.8) is 0 Å². The largest absolute Gasteiger partial charge is 0.504 e. The number of nitrogens with one attached hydrogen (secondary N) is 2. The van der Waals surface area contributed by atoms with Crippen LogP contribution in [0, 0.1) is 5.92 Å². The summed E-state index contributed by atoms with van der Waals surface area (Å²) in [6.45, 7) is 1.49. The molecule has 0 bridgehead atoms. The van der Waals surface area contributed by atoms with Gasteiger partial charge in [0.25, 0.3) is 5.91 Å². The Morgan fingerprint density at radius 2 is 1.96 bits per heavy atom. The van der Waals surface area contributed by atoms with Crippen molar-refractivity contribution >= 4 is 39.6 Å². The number of rotatable bonds is 6. The summed E-state index contributed by atoms with van der Waals surface area (Å²) in [4.78, 5) is 24.2. The number of para-hydroxylation sites is 1. The number of nitrogens with zero attached hydrogens (tertiary/aromatic N) is 1. The van der Waals surface area contributed by atoms with Crippen LogP contribution in [0.5, 0.6) is 11.5 Å². The van der Waals surface area contributed by atoms with Crippen LogP contribution < -0.4 is 15.5 Å². The van der Waals surface area contributed by atoms with Crippen LogP contribution in [-0.2, 0) is 9.59 Å². The highest BCUT2D eigenvalue weighted by Gasteiger charge is 2.21. The summed E-state index contributed by atoms with van der Waals surface area (Å²) < 4.78 is 5.72. The Labute approximate surface area is 159 Å². The highest BCUT2D eigenvalue weighted by Crippen LogP contribution is 2.25. The second-order valence-electron chi connectivity index (χ2n) is 5.36. The summed E-state index contributed by atoms with van der Waals surface area (Å²) in [6, 6.07) is 11.7. The van der Waals surface area contributed by atoms with Crippen LogP contribution in [0.25, 0.3) is 0 Å². The van der Waals surface area contributed by atoms with Crippen molar-refractivity contribution < 1.29 is 19.4 Å². The minimum Gasteiger partial charge on any atom is -0.504 e. The molecule has 26 heavy (non-hydrogen) atoms. The lowest BCUT2D eigenvalue weighted by Gasteiger charge is -2.11. The Kier molecular flexibility index (Phi) is 6.74. The molecule has 3 N–H and O–H groups in total. The SMILES string of the molecule is COc1cc(/C=N/NC(=O)C(C)C(=O)Nc2ccccc2Br)ccc1O. The lowest BCUT2D eigenvalue weighted by atomic mass is 10.1. The summed E-state index contributed by atoms with van der Waals surface area (Å²) in [5.41, 5.74) is 3.52. The number of phenols is 1. The van der Waals surface area contributed by atoms with Crippen molar-refractivity contribution in [1.82, 2.24) is 5.43 Å². The van der Waals surface area contributed by atoms with Gasteiger partial charge in [0, 0.05) is 4.47 Å². The number of benzene rings is 2. The fraction of sp³-hybridized carbons (Fsp3) is 0.167. The molecule has 136 valence electrons. The van der Waals surface area contributed by atoms with Gasteiger partial charge in [-0.3, -0.25) is 9.59 Å². The Hall–Kier alpha value is -2.87. The molecule has 0 saturated carbocycles. The maximum absolute atomic E-state index is 12.2. The van der Waals surface area contributed by atoms with E-state index >= 15 is 0 Å². The average Bonchev–Trinajstić information content (AvgIpc) is 2.64. The van der Waals surface area contributed by atoms with E-state index in [0.29, 0.717) is 17.0 Å². The highest BCUT2D eigenvalue weighted by atomic mass is 79.9. The number of hydrogen-bond donors (Lipinski definition) is 3. The van der Waals surface area contributed by atoms with Crippen molar-refractivity contribution in [2.45, 2.75) is 6.92 Å². The van der Waals surface area contributed by atoms with Gasteiger partial charge in [0.1, 0.15) is 5.92 Å². The number of anilines is 1. The average molecular weight is 420 g/mol. The van der Waals surface area contributed by atoms with Gasteiger partial charge < -0.3 is 15.2 Å². The quantitative estimate of drug-likeness (QED) is 0.380.